The molecular formula is C20H27N3O2. The van der Waals surface area contributed by atoms with Gasteiger partial charge in [0, 0.05) is 44.6 Å². The van der Waals surface area contributed by atoms with E-state index in [4.69, 9.17) is 9.47 Å². The summed E-state index contributed by atoms with van der Waals surface area (Å²) in [6.45, 7) is 1.82. The summed E-state index contributed by atoms with van der Waals surface area (Å²) < 4.78 is 13.4. The Labute approximate surface area is 149 Å². The molecule has 0 saturated carbocycles. The third-order valence-electron chi connectivity index (χ3n) is 5.64. The molecule has 4 rings (SSSR count). The number of hydrogen-bond donors (Lipinski definition) is 1. The molecule has 3 atom stereocenters. The van der Waals surface area contributed by atoms with Gasteiger partial charge in [0.2, 0.25) is 0 Å². The van der Waals surface area contributed by atoms with Gasteiger partial charge in [-0.3, -0.25) is 0 Å². The van der Waals surface area contributed by atoms with Crippen molar-refractivity contribution in [1.82, 2.24) is 14.9 Å². The monoisotopic (exact) mass is 341 g/mol. The lowest BCUT2D eigenvalue weighted by Crippen LogP contribution is -2.38. The van der Waals surface area contributed by atoms with Gasteiger partial charge in [-0.1, -0.05) is 6.07 Å². The summed E-state index contributed by atoms with van der Waals surface area (Å²) in [7, 11) is 3.78. The summed E-state index contributed by atoms with van der Waals surface area (Å²) in [4.78, 5) is 4.49. The molecule has 1 aromatic carbocycles. The van der Waals surface area contributed by atoms with Crippen LogP contribution in [0.2, 0.25) is 0 Å². The number of ether oxygens (including phenoxy) is 2. The first-order chi connectivity index (χ1) is 12.2. The minimum atomic E-state index is 0.114. The van der Waals surface area contributed by atoms with Crippen LogP contribution in [0.25, 0.3) is 0 Å². The maximum absolute atomic E-state index is 5.98. The SMILES string of the molecule is COc1ccc2c(c1)CC(NC[C@@H]1CCO[C@H]1c1nccn1C)CC2. The Kier molecular flexibility index (Phi) is 4.77. The Bertz CT molecular complexity index is 727. The van der Waals surface area contributed by atoms with Gasteiger partial charge in [-0.05, 0) is 48.9 Å². The van der Waals surface area contributed by atoms with Crippen molar-refractivity contribution in [1.29, 1.82) is 0 Å². The number of nitrogens with one attached hydrogen (secondary N) is 1. The van der Waals surface area contributed by atoms with E-state index in [0.717, 1.165) is 44.0 Å². The molecule has 1 unspecified atom stereocenters. The van der Waals surface area contributed by atoms with E-state index < -0.39 is 0 Å². The van der Waals surface area contributed by atoms with Crippen LogP contribution in [0, 0.1) is 5.92 Å². The highest BCUT2D eigenvalue weighted by atomic mass is 16.5. The molecule has 2 aliphatic rings. The van der Waals surface area contributed by atoms with Crippen molar-refractivity contribution >= 4 is 0 Å². The maximum Gasteiger partial charge on any atom is 0.137 e. The number of rotatable bonds is 5. The minimum Gasteiger partial charge on any atom is -0.497 e. The van der Waals surface area contributed by atoms with Crippen LogP contribution >= 0.6 is 0 Å². The molecule has 0 bridgehead atoms. The average molecular weight is 341 g/mol. The summed E-state index contributed by atoms with van der Waals surface area (Å²) in [6, 6.07) is 7.01. The van der Waals surface area contributed by atoms with Crippen LogP contribution in [-0.2, 0) is 24.6 Å². The molecule has 1 saturated heterocycles. The van der Waals surface area contributed by atoms with Gasteiger partial charge in [-0.2, -0.15) is 0 Å². The molecule has 1 aliphatic carbocycles. The predicted molar refractivity (Wildman–Crippen MR) is 96.8 cm³/mol. The quantitative estimate of drug-likeness (QED) is 0.908. The van der Waals surface area contributed by atoms with Gasteiger partial charge in [-0.15, -0.1) is 0 Å². The molecule has 0 radical (unpaired) electrons. The highest BCUT2D eigenvalue weighted by molar-refractivity contribution is 5.37. The zero-order chi connectivity index (χ0) is 17.2. The molecule has 1 aliphatic heterocycles. The molecule has 1 aromatic heterocycles. The predicted octanol–water partition coefficient (Wildman–Crippen LogP) is 2.65. The summed E-state index contributed by atoms with van der Waals surface area (Å²) in [5, 5.41) is 3.80. The van der Waals surface area contributed by atoms with E-state index in [-0.39, 0.29) is 6.10 Å². The lowest BCUT2D eigenvalue weighted by Gasteiger charge is -2.28. The van der Waals surface area contributed by atoms with Crippen molar-refractivity contribution in [2.45, 2.75) is 37.8 Å². The maximum atomic E-state index is 5.98. The van der Waals surface area contributed by atoms with Gasteiger partial charge >= 0.3 is 0 Å². The lowest BCUT2D eigenvalue weighted by atomic mass is 9.87. The first-order valence-corrected chi connectivity index (χ1v) is 9.22. The fourth-order valence-corrected chi connectivity index (χ4v) is 4.13. The van der Waals surface area contributed by atoms with Crippen LogP contribution in [0.3, 0.4) is 0 Å². The van der Waals surface area contributed by atoms with Crippen LogP contribution in [0.5, 0.6) is 5.75 Å². The Morgan fingerprint density at radius 2 is 2.24 bits per heavy atom. The second-order valence-electron chi connectivity index (χ2n) is 7.22. The third-order valence-corrected chi connectivity index (χ3v) is 5.64. The van der Waals surface area contributed by atoms with Crippen LogP contribution in [0.1, 0.15) is 35.9 Å². The molecule has 1 N–H and O–H groups in total. The number of nitrogens with zero attached hydrogens (tertiary/aromatic N) is 2. The van der Waals surface area contributed by atoms with Crippen molar-refractivity contribution in [2.24, 2.45) is 13.0 Å². The minimum absolute atomic E-state index is 0.114. The molecule has 0 spiro atoms. The topological polar surface area (TPSA) is 48.3 Å². The van der Waals surface area contributed by atoms with Crippen LogP contribution in [0.4, 0.5) is 0 Å². The van der Waals surface area contributed by atoms with Crippen LogP contribution < -0.4 is 10.1 Å². The summed E-state index contributed by atoms with van der Waals surface area (Å²) >= 11 is 0. The van der Waals surface area contributed by atoms with E-state index in [9.17, 15) is 0 Å². The molecule has 1 fully saturated rings. The Balaban J connectivity index is 1.37. The number of methoxy groups -OCH3 is 1. The molecule has 2 heterocycles. The number of aryl methyl sites for hydroxylation is 2. The van der Waals surface area contributed by atoms with E-state index in [2.05, 4.69) is 33.1 Å². The lowest BCUT2D eigenvalue weighted by molar-refractivity contribution is 0.0803. The largest absolute Gasteiger partial charge is 0.497 e. The first kappa shape index (κ1) is 16.6. The Morgan fingerprint density at radius 3 is 3.04 bits per heavy atom. The summed E-state index contributed by atoms with van der Waals surface area (Å²) in [5.74, 6) is 2.49. The number of benzene rings is 1. The molecular weight excluding hydrogens is 314 g/mol. The van der Waals surface area contributed by atoms with Gasteiger partial charge in [0.1, 0.15) is 17.7 Å². The van der Waals surface area contributed by atoms with Crippen molar-refractivity contribution in [3.8, 4) is 5.75 Å². The fourth-order valence-electron chi connectivity index (χ4n) is 4.13. The van der Waals surface area contributed by atoms with E-state index in [1.165, 1.54) is 17.5 Å². The average Bonchev–Trinajstić information content (AvgIpc) is 3.27. The highest BCUT2D eigenvalue weighted by Crippen LogP contribution is 2.33. The van der Waals surface area contributed by atoms with Crippen molar-refractivity contribution in [2.75, 3.05) is 20.3 Å². The molecule has 25 heavy (non-hydrogen) atoms. The molecule has 5 nitrogen and oxygen atoms in total. The van der Waals surface area contributed by atoms with Gasteiger partial charge < -0.3 is 19.4 Å². The van der Waals surface area contributed by atoms with Gasteiger partial charge in [0.05, 0.1) is 7.11 Å². The molecule has 5 heteroatoms. The molecule has 2 aromatic rings. The summed E-state index contributed by atoms with van der Waals surface area (Å²) in [6.07, 6.45) is 8.47. The number of hydrogen-bond acceptors (Lipinski definition) is 4. The van der Waals surface area contributed by atoms with E-state index in [1.807, 2.05) is 19.4 Å². The van der Waals surface area contributed by atoms with Crippen LogP contribution in [0.15, 0.2) is 30.6 Å². The smallest absolute Gasteiger partial charge is 0.137 e. The summed E-state index contributed by atoms with van der Waals surface area (Å²) in [5.41, 5.74) is 2.89. The highest BCUT2D eigenvalue weighted by Gasteiger charge is 2.32. The third kappa shape index (κ3) is 3.44. The van der Waals surface area contributed by atoms with E-state index in [1.54, 1.807) is 7.11 Å². The molecule has 134 valence electrons. The zero-order valence-corrected chi connectivity index (χ0v) is 15.1. The van der Waals surface area contributed by atoms with Gasteiger partial charge in [-0.25, -0.2) is 4.98 Å². The van der Waals surface area contributed by atoms with E-state index >= 15 is 0 Å². The van der Waals surface area contributed by atoms with Gasteiger partial charge in [0.15, 0.2) is 0 Å². The normalized spacial score (nSPS) is 25.8. The molecule has 0 amide bonds. The van der Waals surface area contributed by atoms with Gasteiger partial charge in [0.25, 0.3) is 0 Å². The zero-order valence-electron chi connectivity index (χ0n) is 15.1. The van der Waals surface area contributed by atoms with Crippen molar-refractivity contribution < 1.29 is 9.47 Å². The Hall–Kier alpha value is -1.85. The van der Waals surface area contributed by atoms with Crippen LogP contribution in [-0.4, -0.2) is 35.9 Å². The fraction of sp³-hybridized carbons (Fsp3) is 0.550. The Morgan fingerprint density at radius 1 is 1.32 bits per heavy atom. The van der Waals surface area contributed by atoms with Crippen molar-refractivity contribution in [3.05, 3.63) is 47.5 Å². The second-order valence-corrected chi connectivity index (χ2v) is 7.22. The number of aromatic nitrogens is 2. The number of fused-ring (bicyclic) bond motifs is 1. The number of imidazole rings is 1. The first-order valence-electron chi connectivity index (χ1n) is 9.22. The van der Waals surface area contributed by atoms with E-state index in [0.29, 0.717) is 12.0 Å². The second kappa shape index (κ2) is 7.18. The van der Waals surface area contributed by atoms with Crippen molar-refractivity contribution in [3.63, 3.8) is 0 Å². The standard InChI is InChI=1S/C20H27N3O2/c1-23-9-8-21-20(23)19-15(7-10-25-19)13-22-17-5-3-14-4-6-18(24-2)12-16(14)11-17/h4,6,8-9,12,15,17,19,22H,3,5,7,10-11,13H2,1-2H3/t15-,17?,19+/m0/s1.